The molecule has 0 fully saturated rings. The predicted octanol–water partition coefficient (Wildman–Crippen LogP) is 3.42. The smallest absolute Gasteiger partial charge is 0.309 e. The molecule has 0 aliphatic carbocycles. The van der Waals surface area contributed by atoms with E-state index in [-0.39, 0.29) is 13.1 Å². The first-order valence-electron chi connectivity index (χ1n) is 8.65. The number of hydrogen-bond acceptors (Lipinski definition) is 4. The molecule has 1 unspecified atom stereocenters. The number of benzene rings is 2. The van der Waals surface area contributed by atoms with E-state index in [9.17, 15) is 14.7 Å². The normalized spacial score (nSPS) is 11.6. The third-order valence-electron chi connectivity index (χ3n) is 4.09. The van der Waals surface area contributed by atoms with Gasteiger partial charge in [-0.2, -0.15) is 0 Å². The van der Waals surface area contributed by atoms with E-state index in [1.807, 2.05) is 48.5 Å². The molecular formula is C21H19ClN2O3S. The number of thiophene rings is 1. The molecule has 2 amide bonds. The van der Waals surface area contributed by atoms with Gasteiger partial charge >= 0.3 is 11.8 Å². The van der Waals surface area contributed by atoms with Crippen LogP contribution in [0.5, 0.6) is 0 Å². The molecule has 3 aromatic rings. The van der Waals surface area contributed by atoms with Crippen LogP contribution < -0.4 is 10.6 Å². The number of amides is 2. The van der Waals surface area contributed by atoms with Gasteiger partial charge in [0.25, 0.3) is 0 Å². The highest BCUT2D eigenvalue weighted by Gasteiger charge is 2.16. The van der Waals surface area contributed by atoms with Gasteiger partial charge in [-0.3, -0.25) is 9.59 Å². The van der Waals surface area contributed by atoms with Crippen LogP contribution in [0.3, 0.4) is 0 Å². The number of aliphatic hydroxyl groups is 1. The molecule has 0 aliphatic rings. The molecule has 5 nitrogen and oxygen atoms in total. The Morgan fingerprint density at radius 1 is 0.893 bits per heavy atom. The molecule has 0 bridgehead atoms. The van der Waals surface area contributed by atoms with Crippen molar-refractivity contribution in [3.05, 3.63) is 92.6 Å². The zero-order chi connectivity index (χ0) is 19.9. The largest absolute Gasteiger partial charge is 0.383 e. The summed E-state index contributed by atoms with van der Waals surface area (Å²) >= 11 is 7.42. The van der Waals surface area contributed by atoms with Crippen LogP contribution in [-0.2, 0) is 22.7 Å². The first-order valence-corrected chi connectivity index (χ1v) is 9.85. The minimum atomic E-state index is -0.721. The van der Waals surface area contributed by atoms with Crippen molar-refractivity contribution in [2.45, 2.75) is 19.2 Å². The maximum absolute atomic E-state index is 12.0. The van der Waals surface area contributed by atoms with Crippen molar-refractivity contribution in [2.75, 3.05) is 0 Å². The van der Waals surface area contributed by atoms with Crippen LogP contribution >= 0.6 is 22.9 Å². The zero-order valence-electron chi connectivity index (χ0n) is 14.9. The highest BCUT2D eigenvalue weighted by Crippen LogP contribution is 2.28. The van der Waals surface area contributed by atoms with Crippen molar-refractivity contribution >= 4 is 34.8 Å². The molecule has 0 radical (unpaired) electrons. The lowest BCUT2D eigenvalue weighted by Gasteiger charge is -2.08. The van der Waals surface area contributed by atoms with Gasteiger partial charge in [0.1, 0.15) is 6.10 Å². The summed E-state index contributed by atoms with van der Waals surface area (Å²) < 4.78 is 0. The van der Waals surface area contributed by atoms with E-state index < -0.39 is 17.9 Å². The fourth-order valence-corrected chi connectivity index (χ4v) is 3.75. The minimum Gasteiger partial charge on any atom is -0.383 e. The van der Waals surface area contributed by atoms with Crippen molar-refractivity contribution in [3.63, 3.8) is 0 Å². The van der Waals surface area contributed by atoms with Crippen LogP contribution in [0, 0.1) is 0 Å². The van der Waals surface area contributed by atoms with Crippen LogP contribution in [0.2, 0.25) is 5.02 Å². The number of hydrogen-bond donors (Lipinski definition) is 3. The molecular weight excluding hydrogens is 396 g/mol. The average molecular weight is 415 g/mol. The summed E-state index contributed by atoms with van der Waals surface area (Å²) in [6.07, 6.45) is -0.713. The molecule has 0 saturated carbocycles. The Labute approximate surface area is 172 Å². The van der Waals surface area contributed by atoms with Crippen LogP contribution in [0.4, 0.5) is 0 Å². The van der Waals surface area contributed by atoms with E-state index in [0.29, 0.717) is 5.02 Å². The lowest BCUT2D eigenvalue weighted by atomic mass is 10.1. The second-order valence-corrected chi connectivity index (χ2v) is 7.68. The quantitative estimate of drug-likeness (QED) is 0.541. The van der Waals surface area contributed by atoms with Gasteiger partial charge in [-0.15, -0.1) is 11.3 Å². The Kier molecular flexibility index (Phi) is 6.81. The fraction of sp³-hybridized carbons (Fsp3) is 0.143. The minimum absolute atomic E-state index is 0.179. The Bertz CT molecular complexity index is 959. The van der Waals surface area contributed by atoms with Gasteiger partial charge < -0.3 is 15.7 Å². The first kappa shape index (κ1) is 20.1. The molecule has 28 heavy (non-hydrogen) atoms. The van der Waals surface area contributed by atoms with Crippen molar-refractivity contribution < 1.29 is 14.7 Å². The second kappa shape index (κ2) is 9.50. The topological polar surface area (TPSA) is 78.4 Å². The lowest BCUT2D eigenvalue weighted by Crippen LogP contribution is -2.39. The van der Waals surface area contributed by atoms with E-state index in [4.69, 9.17) is 11.6 Å². The van der Waals surface area contributed by atoms with Gasteiger partial charge in [-0.1, -0.05) is 60.1 Å². The number of nitrogens with one attached hydrogen (secondary N) is 2. The van der Waals surface area contributed by atoms with E-state index in [0.717, 1.165) is 20.9 Å². The van der Waals surface area contributed by atoms with Crippen molar-refractivity contribution in [1.29, 1.82) is 0 Å². The third-order valence-corrected chi connectivity index (χ3v) is 5.60. The van der Waals surface area contributed by atoms with Crippen molar-refractivity contribution in [1.82, 2.24) is 10.6 Å². The van der Waals surface area contributed by atoms with E-state index in [1.54, 1.807) is 18.2 Å². The standard InChI is InChI=1S/C21H19ClN2O3S/c22-17-9-5-4-8-15(17)12-23-20(26)21(27)24-13-16-10-11-18(28-16)19(25)14-6-2-1-3-7-14/h1-11,19,25H,12-13H2,(H,23,26)(H,24,27). The monoisotopic (exact) mass is 414 g/mol. The zero-order valence-corrected chi connectivity index (χ0v) is 16.5. The molecule has 3 rings (SSSR count). The predicted molar refractivity (Wildman–Crippen MR) is 110 cm³/mol. The SMILES string of the molecule is O=C(NCc1ccc(C(O)c2ccccc2)s1)C(=O)NCc1ccccc1Cl. The van der Waals surface area contributed by atoms with E-state index >= 15 is 0 Å². The number of halogens is 1. The van der Waals surface area contributed by atoms with Crippen molar-refractivity contribution in [3.8, 4) is 0 Å². The van der Waals surface area contributed by atoms with Gasteiger partial charge in [0.2, 0.25) is 0 Å². The van der Waals surface area contributed by atoms with Crippen LogP contribution in [0.25, 0.3) is 0 Å². The Balaban J connectivity index is 1.50. The van der Waals surface area contributed by atoms with Crippen LogP contribution in [0.15, 0.2) is 66.7 Å². The number of carbonyl (C=O) groups excluding carboxylic acids is 2. The Morgan fingerprint density at radius 2 is 1.54 bits per heavy atom. The Morgan fingerprint density at radius 3 is 2.25 bits per heavy atom. The summed E-state index contributed by atoms with van der Waals surface area (Å²) in [5.74, 6) is -1.44. The molecule has 3 N–H and O–H groups in total. The van der Waals surface area contributed by atoms with Gasteiger partial charge in [-0.05, 0) is 29.3 Å². The van der Waals surface area contributed by atoms with Gasteiger partial charge in [0.15, 0.2) is 0 Å². The molecule has 0 aliphatic heterocycles. The summed E-state index contributed by atoms with van der Waals surface area (Å²) in [7, 11) is 0. The van der Waals surface area contributed by atoms with Gasteiger partial charge in [-0.25, -0.2) is 0 Å². The van der Waals surface area contributed by atoms with Gasteiger partial charge in [0, 0.05) is 21.3 Å². The molecule has 0 saturated heterocycles. The summed E-state index contributed by atoms with van der Waals surface area (Å²) in [5, 5.41) is 16.1. The molecule has 1 atom stereocenters. The van der Waals surface area contributed by atoms with Gasteiger partial charge in [0.05, 0.1) is 6.54 Å². The summed E-state index contributed by atoms with van der Waals surface area (Å²) in [4.78, 5) is 25.5. The highest BCUT2D eigenvalue weighted by atomic mass is 35.5. The molecule has 7 heteroatoms. The molecule has 1 aromatic heterocycles. The maximum Gasteiger partial charge on any atom is 0.309 e. The van der Waals surface area contributed by atoms with Crippen LogP contribution in [-0.4, -0.2) is 16.9 Å². The van der Waals surface area contributed by atoms with Crippen molar-refractivity contribution in [2.24, 2.45) is 0 Å². The second-order valence-electron chi connectivity index (χ2n) is 6.07. The molecule has 144 valence electrons. The average Bonchev–Trinajstić information content (AvgIpc) is 3.20. The summed E-state index contributed by atoms with van der Waals surface area (Å²) in [6, 6.07) is 20.1. The first-order chi connectivity index (χ1) is 13.5. The fourth-order valence-electron chi connectivity index (χ4n) is 2.58. The third kappa shape index (κ3) is 5.19. The maximum atomic E-state index is 12.0. The number of carbonyl (C=O) groups is 2. The van der Waals surface area contributed by atoms with E-state index in [1.165, 1.54) is 11.3 Å². The lowest BCUT2D eigenvalue weighted by molar-refractivity contribution is -0.139. The summed E-state index contributed by atoms with van der Waals surface area (Å²) in [6.45, 7) is 0.392. The Hall–Kier alpha value is -2.67. The molecule has 1 heterocycles. The van der Waals surface area contributed by atoms with E-state index in [2.05, 4.69) is 10.6 Å². The summed E-state index contributed by atoms with van der Waals surface area (Å²) in [5.41, 5.74) is 1.54. The highest BCUT2D eigenvalue weighted by molar-refractivity contribution is 7.12. The van der Waals surface area contributed by atoms with Crippen LogP contribution in [0.1, 0.15) is 27.0 Å². The number of rotatable bonds is 6. The number of aliphatic hydroxyl groups excluding tert-OH is 1. The molecule has 0 spiro atoms. The molecule has 2 aromatic carbocycles.